The van der Waals surface area contributed by atoms with Crippen molar-refractivity contribution >= 4 is 17.2 Å². The van der Waals surface area contributed by atoms with Crippen LogP contribution >= 0.6 is 11.3 Å². The van der Waals surface area contributed by atoms with Crippen molar-refractivity contribution in [2.24, 2.45) is 0 Å². The lowest BCUT2D eigenvalue weighted by atomic mass is 10.1. The standard InChI is InChI=1S/C19H20N2O2S/c1-14-16(9-10-20-14)19(23)21(12-15-6-3-2-4-7-15)13-17(22)18-8-5-11-24-18/h2-11,17,20,22H,12-13H2,1H3. The number of benzene rings is 1. The lowest BCUT2D eigenvalue weighted by Crippen LogP contribution is -2.34. The van der Waals surface area contributed by atoms with Gasteiger partial charge in [0.1, 0.15) is 6.10 Å². The maximum Gasteiger partial charge on any atom is 0.256 e. The molecular weight excluding hydrogens is 320 g/mol. The van der Waals surface area contributed by atoms with E-state index in [0.29, 0.717) is 12.1 Å². The number of aromatic amines is 1. The van der Waals surface area contributed by atoms with E-state index >= 15 is 0 Å². The zero-order valence-corrected chi connectivity index (χ0v) is 14.3. The molecule has 0 aliphatic rings. The summed E-state index contributed by atoms with van der Waals surface area (Å²) in [5.41, 5.74) is 2.52. The molecule has 0 aliphatic carbocycles. The van der Waals surface area contributed by atoms with E-state index < -0.39 is 6.10 Å². The first-order valence-corrected chi connectivity index (χ1v) is 8.72. The number of aromatic nitrogens is 1. The monoisotopic (exact) mass is 340 g/mol. The van der Waals surface area contributed by atoms with Gasteiger partial charge < -0.3 is 15.0 Å². The summed E-state index contributed by atoms with van der Waals surface area (Å²) in [4.78, 5) is 18.5. The molecule has 2 N–H and O–H groups in total. The van der Waals surface area contributed by atoms with Crippen molar-refractivity contribution < 1.29 is 9.90 Å². The summed E-state index contributed by atoms with van der Waals surface area (Å²) in [5.74, 6) is -0.0757. The Labute approximate surface area is 145 Å². The second-order valence-electron chi connectivity index (χ2n) is 5.72. The number of nitrogens with one attached hydrogen (secondary N) is 1. The largest absolute Gasteiger partial charge is 0.386 e. The number of hydrogen-bond acceptors (Lipinski definition) is 3. The molecular formula is C19H20N2O2S. The Hall–Kier alpha value is -2.37. The number of thiophene rings is 1. The highest BCUT2D eigenvalue weighted by Gasteiger charge is 2.22. The lowest BCUT2D eigenvalue weighted by molar-refractivity contribution is 0.0608. The number of nitrogens with zero attached hydrogens (tertiary/aromatic N) is 1. The highest BCUT2D eigenvalue weighted by Crippen LogP contribution is 2.22. The molecule has 5 heteroatoms. The van der Waals surface area contributed by atoms with Crippen LogP contribution in [0.1, 0.15) is 32.6 Å². The molecule has 4 nitrogen and oxygen atoms in total. The molecule has 0 radical (unpaired) electrons. The third-order valence-corrected chi connectivity index (χ3v) is 4.93. The summed E-state index contributed by atoms with van der Waals surface area (Å²) in [7, 11) is 0. The Bertz CT molecular complexity index is 781. The molecule has 0 fully saturated rings. The Balaban J connectivity index is 1.83. The van der Waals surface area contributed by atoms with E-state index in [0.717, 1.165) is 16.1 Å². The van der Waals surface area contributed by atoms with E-state index in [-0.39, 0.29) is 12.5 Å². The van der Waals surface area contributed by atoms with E-state index in [9.17, 15) is 9.90 Å². The number of rotatable bonds is 6. The summed E-state index contributed by atoms with van der Waals surface area (Å²) in [6.07, 6.45) is 1.08. The van der Waals surface area contributed by atoms with Crippen molar-refractivity contribution in [3.63, 3.8) is 0 Å². The lowest BCUT2D eigenvalue weighted by Gasteiger charge is -2.25. The molecule has 3 rings (SSSR count). The van der Waals surface area contributed by atoms with Gasteiger partial charge in [-0.05, 0) is 30.0 Å². The molecule has 24 heavy (non-hydrogen) atoms. The topological polar surface area (TPSA) is 56.3 Å². The molecule has 3 aromatic rings. The van der Waals surface area contributed by atoms with Gasteiger partial charge in [-0.3, -0.25) is 4.79 Å². The van der Waals surface area contributed by atoms with E-state index in [1.54, 1.807) is 17.2 Å². The normalized spacial score (nSPS) is 12.1. The second kappa shape index (κ2) is 7.47. The van der Waals surface area contributed by atoms with Crippen LogP contribution < -0.4 is 0 Å². The minimum absolute atomic E-state index is 0.0757. The minimum atomic E-state index is -0.683. The van der Waals surface area contributed by atoms with Gasteiger partial charge in [-0.1, -0.05) is 36.4 Å². The summed E-state index contributed by atoms with van der Waals surface area (Å²) < 4.78 is 0. The number of amides is 1. The molecule has 124 valence electrons. The summed E-state index contributed by atoms with van der Waals surface area (Å²) in [6.45, 7) is 2.61. The van der Waals surface area contributed by atoms with Crippen LogP contribution in [0.25, 0.3) is 0 Å². The van der Waals surface area contributed by atoms with Crippen LogP contribution in [0.15, 0.2) is 60.1 Å². The van der Waals surface area contributed by atoms with Crippen LogP contribution in [-0.2, 0) is 6.54 Å². The minimum Gasteiger partial charge on any atom is -0.386 e. The Morgan fingerprint density at radius 2 is 2.00 bits per heavy atom. The van der Waals surface area contributed by atoms with Crippen LogP contribution in [0.5, 0.6) is 0 Å². The van der Waals surface area contributed by atoms with Crippen molar-refractivity contribution in [1.82, 2.24) is 9.88 Å². The van der Waals surface area contributed by atoms with Gasteiger partial charge in [-0.25, -0.2) is 0 Å². The summed E-state index contributed by atoms with van der Waals surface area (Å²) in [6, 6.07) is 15.4. The molecule has 1 amide bonds. The highest BCUT2D eigenvalue weighted by atomic mass is 32.1. The number of aryl methyl sites for hydroxylation is 1. The fourth-order valence-electron chi connectivity index (χ4n) is 2.66. The molecule has 0 aliphatic heterocycles. The molecule has 1 unspecified atom stereocenters. The molecule has 1 aromatic carbocycles. The zero-order chi connectivity index (χ0) is 16.9. The van der Waals surface area contributed by atoms with Crippen molar-refractivity contribution in [3.05, 3.63) is 81.8 Å². The maximum absolute atomic E-state index is 12.9. The smallest absolute Gasteiger partial charge is 0.256 e. The van der Waals surface area contributed by atoms with Gasteiger partial charge in [0.2, 0.25) is 0 Å². The van der Waals surface area contributed by atoms with Gasteiger partial charge in [0.25, 0.3) is 5.91 Å². The van der Waals surface area contributed by atoms with E-state index in [4.69, 9.17) is 0 Å². The van der Waals surface area contributed by atoms with Gasteiger partial charge in [0.05, 0.1) is 12.1 Å². The summed E-state index contributed by atoms with van der Waals surface area (Å²) >= 11 is 1.50. The Morgan fingerprint density at radius 1 is 1.21 bits per heavy atom. The van der Waals surface area contributed by atoms with Crippen molar-refractivity contribution in [2.75, 3.05) is 6.54 Å². The fourth-order valence-corrected chi connectivity index (χ4v) is 3.36. The SMILES string of the molecule is Cc1[nH]ccc1C(=O)N(Cc1ccccc1)CC(O)c1cccs1. The van der Waals surface area contributed by atoms with Crippen LogP contribution in [0, 0.1) is 6.92 Å². The third-order valence-electron chi connectivity index (χ3n) is 3.95. The molecule has 2 heterocycles. The van der Waals surface area contributed by atoms with Crippen molar-refractivity contribution in [3.8, 4) is 0 Å². The Morgan fingerprint density at radius 3 is 2.62 bits per heavy atom. The molecule has 0 saturated carbocycles. The number of aliphatic hydroxyl groups excluding tert-OH is 1. The summed E-state index contributed by atoms with van der Waals surface area (Å²) in [5, 5.41) is 12.4. The van der Waals surface area contributed by atoms with Crippen LogP contribution in [0.2, 0.25) is 0 Å². The van der Waals surface area contributed by atoms with Crippen LogP contribution in [0.3, 0.4) is 0 Å². The van der Waals surface area contributed by atoms with Crippen molar-refractivity contribution in [1.29, 1.82) is 0 Å². The average molecular weight is 340 g/mol. The number of carbonyl (C=O) groups excluding carboxylic acids is 1. The molecule has 0 spiro atoms. The first-order valence-electron chi connectivity index (χ1n) is 7.84. The van der Waals surface area contributed by atoms with Gasteiger partial charge in [-0.2, -0.15) is 0 Å². The predicted octanol–water partition coefficient (Wildman–Crippen LogP) is 3.76. The second-order valence-corrected chi connectivity index (χ2v) is 6.70. The number of carbonyl (C=O) groups is 1. The van der Waals surface area contributed by atoms with E-state index in [1.165, 1.54) is 11.3 Å². The number of hydrogen-bond donors (Lipinski definition) is 2. The van der Waals surface area contributed by atoms with E-state index in [1.807, 2.05) is 54.8 Å². The van der Waals surface area contributed by atoms with Crippen LogP contribution in [0.4, 0.5) is 0 Å². The quantitative estimate of drug-likeness (QED) is 0.718. The van der Waals surface area contributed by atoms with Gasteiger partial charge >= 0.3 is 0 Å². The Kier molecular flexibility index (Phi) is 5.13. The highest BCUT2D eigenvalue weighted by molar-refractivity contribution is 7.10. The fraction of sp³-hybridized carbons (Fsp3) is 0.211. The molecule has 2 aromatic heterocycles. The first-order chi connectivity index (χ1) is 11.6. The predicted molar refractivity (Wildman–Crippen MR) is 96.0 cm³/mol. The van der Waals surface area contributed by atoms with Gasteiger partial charge in [0, 0.05) is 23.3 Å². The average Bonchev–Trinajstić information content (AvgIpc) is 3.26. The maximum atomic E-state index is 12.9. The number of H-pyrrole nitrogens is 1. The molecule has 1 atom stereocenters. The van der Waals surface area contributed by atoms with Crippen molar-refractivity contribution in [2.45, 2.75) is 19.6 Å². The molecule has 0 saturated heterocycles. The first kappa shape index (κ1) is 16.5. The number of aliphatic hydroxyl groups is 1. The van der Waals surface area contributed by atoms with Crippen LogP contribution in [-0.4, -0.2) is 27.4 Å². The third kappa shape index (κ3) is 3.75. The van der Waals surface area contributed by atoms with Gasteiger partial charge in [-0.15, -0.1) is 11.3 Å². The molecule has 0 bridgehead atoms. The zero-order valence-electron chi connectivity index (χ0n) is 13.5. The van der Waals surface area contributed by atoms with Gasteiger partial charge in [0.15, 0.2) is 0 Å². The van der Waals surface area contributed by atoms with E-state index in [2.05, 4.69) is 4.98 Å².